The standard InChI is InChI=1S/C14H13NO2/c16-11-12-5-4-8-15(9-12)10-14(17)13-6-2-1-3-7-13/h1-4,6-8H,5,9-10H2. The molecule has 2 rings (SSSR count). The number of hydrogen-bond donors (Lipinski definition) is 0. The summed E-state index contributed by atoms with van der Waals surface area (Å²) in [6.07, 6.45) is 4.38. The van der Waals surface area contributed by atoms with E-state index in [4.69, 9.17) is 0 Å². The third-order valence-corrected chi connectivity index (χ3v) is 2.66. The number of ketones is 1. The Kier molecular flexibility index (Phi) is 3.53. The summed E-state index contributed by atoms with van der Waals surface area (Å²) >= 11 is 0. The molecule has 0 spiro atoms. The summed E-state index contributed by atoms with van der Waals surface area (Å²) in [6, 6.07) is 9.16. The quantitative estimate of drug-likeness (QED) is 0.584. The molecule has 3 heteroatoms. The Balaban J connectivity index is 2.03. The monoisotopic (exact) mass is 227 g/mol. The molecule has 0 bridgehead atoms. The van der Waals surface area contributed by atoms with E-state index in [9.17, 15) is 9.59 Å². The lowest BCUT2D eigenvalue weighted by molar-refractivity contribution is 0.0957. The first-order chi connectivity index (χ1) is 8.29. The molecule has 1 aromatic rings. The highest BCUT2D eigenvalue weighted by Crippen LogP contribution is 2.11. The Bertz CT molecular complexity index is 484. The molecule has 1 heterocycles. The number of benzene rings is 1. The molecule has 0 radical (unpaired) electrons. The van der Waals surface area contributed by atoms with E-state index in [2.05, 4.69) is 0 Å². The molecule has 0 atom stereocenters. The van der Waals surface area contributed by atoms with Crippen molar-refractivity contribution < 1.29 is 9.59 Å². The molecule has 0 saturated heterocycles. The Hall–Kier alpha value is -2.12. The molecular weight excluding hydrogens is 214 g/mol. The Morgan fingerprint density at radius 3 is 2.76 bits per heavy atom. The van der Waals surface area contributed by atoms with Gasteiger partial charge in [0.2, 0.25) is 0 Å². The molecule has 1 aliphatic heterocycles. The SMILES string of the molecule is O=C=C1CC=CN(CC(=O)c2ccccc2)C1. The zero-order chi connectivity index (χ0) is 12.1. The van der Waals surface area contributed by atoms with Crippen LogP contribution in [0.3, 0.4) is 0 Å². The van der Waals surface area contributed by atoms with Crippen LogP contribution in [0, 0.1) is 0 Å². The van der Waals surface area contributed by atoms with E-state index in [0.717, 1.165) is 0 Å². The first-order valence-electron chi connectivity index (χ1n) is 5.51. The zero-order valence-corrected chi connectivity index (χ0v) is 9.43. The predicted octanol–water partition coefficient (Wildman–Crippen LogP) is 1.85. The van der Waals surface area contributed by atoms with Gasteiger partial charge in [-0.2, -0.15) is 0 Å². The maximum absolute atomic E-state index is 11.9. The highest BCUT2D eigenvalue weighted by Gasteiger charge is 2.13. The van der Waals surface area contributed by atoms with Gasteiger partial charge < -0.3 is 4.90 Å². The Labute approximate surface area is 100 Å². The second-order valence-corrected chi connectivity index (χ2v) is 3.99. The summed E-state index contributed by atoms with van der Waals surface area (Å²) in [5, 5.41) is 0. The van der Waals surface area contributed by atoms with Gasteiger partial charge >= 0.3 is 0 Å². The number of allylic oxidation sites excluding steroid dienone is 1. The summed E-state index contributed by atoms with van der Waals surface area (Å²) in [4.78, 5) is 24.3. The van der Waals surface area contributed by atoms with Crippen LogP contribution in [0.5, 0.6) is 0 Å². The summed E-state index contributed by atoms with van der Waals surface area (Å²) < 4.78 is 0. The van der Waals surface area contributed by atoms with Gasteiger partial charge in [0.15, 0.2) is 5.78 Å². The normalized spacial score (nSPS) is 14.6. The van der Waals surface area contributed by atoms with E-state index in [1.807, 2.05) is 41.3 Å². The van der Waals surface area contributed by atoms with Crippen LogP contribution in [-0.4, -0.2) is 29.7 Å². The number of carbonyl (C=O) groups excluding carboxylic acids is 2. The van der Waals surface area contributed by atoms with Gasteiger partial charge in [0, 0.05) is 24.1 Å². The van der Waals surface area contributed by atoms with Crippen LogP contribution in [0.15, 0.2) is 48.2 Å². The van der Waals surface area contributed by atoms with Gasteiger partial charge in [0.05, 0.1) is 6.54 Å². The third kappa shape index (κ3) is 2.92. The maximum Gasteiger partial charge on any atom is 0.182 e. The van der Waals surface area contributed by atoms with Crippen molar-refractivity contribution in [2.24, 2.45) is 0 Å². The van der Waals surface area contributed by atoms with Gasteiger partial charge in [-0.1, -0.05) is 36.4 Å². The molecule has 17 heavy (non-hydrogen) atoms. The molecule has 0 saturated carbocycles. The topological polar surface area (TPSA) is 37.4 Å². The van der Waals surface area contributed by atoms with Crippen molar-refractivity contribution in [1.82, 2.24) is 4.90 Å². The summed E-state index contributed by atoms with van der Waals surface area (Å²) in [7, 11) is 0. The van der Waals surface area contributed by atoms with E-state index in [0.29, 0.717) is 30.6 Å². The van der Waals surface area contributed by atoms with Crippen molar-refractivity contribution in [1.29, 1.82) is 0 Å². The van der Waals surface area contributed by atoms with Crippen LogP contribution in [0.2, 0.25) is 0 Å². The van der Waals surface area contributed by atoms with Crippen LogP contribution in [0.1, 0.15) is 16.8 Å². The van der Waals surface area contributed by atoms with Gasteiger partial charge in [0.25, 0.3) is 0 Å². The smallest absolute Gasteiger partial charge is 0.182 e. The minimum absolute atomic E-state index is 0.0578. The zero-order valence-electron chi connectivity index (χ0n) is 9.43. The van der Waals surface area contributed by atoms with Crippen molar-refractivity contribution in [3.05, 3.63) is 53.7 Å². The fraction of sp³-hybridized carbons (Fsp3) is 0.214. The third-order valence-electron chi connectivity index (χ3n) is 2.66. The minimum Gasteiger partial charge on any atom is -0.365 e. The first kappa shape index (κ1) is 11.4. The largest absolute Gasteiger partial charge is 0.365 e. The average molecular weight is 227 g/mol. The van der Waals surface area contributed by atoms with Crippen LogP contribution < -0.4 is 0 Å². The number of rotatable bonds is 3. The maximum atomic E-state index is 11.9. The molecule has 0 aromatic heterocycles. The minimum atomic E-state index is 0.0578. The van der Waals surface area contributed by atoms with Crippen LogP contribution >= 0.6 is 0 Å². The van der Waals surface area contributed by atoms with Gasteiger partial charge in [0.1, 0.15) is 5.94 Å². The van der Waals surface area contributed by atoms with Crippen molar-refractivity contribution in [2.45, 2.75) is 6.42 Å². The lowest BCUT2D eigenvalue weighted by Crippen LogP contribution is -2.29. The predicted molar refractivity (Wildman–Crippen MR) is 65.3 cm³/mol. The van der Waals surface area contributed by atoms with Gasteiger partial charge in [-0.05, 0) is 6.20 Å². The average Bonchev–Trinajstić information content (AvgIpc) is 2.40. The second-order valence-electron chi connectivity index (χ2n) is 3.99. The number of hydrogen-bond acceptors (Lipinski definition) is 3. The summed E-state index contributed by atoms with van der Waals surface area (Å²) in [6.45, 7) is 0.796. The van der Waals surface area contributed by atoms with Gasteiger partial charge in [-0.25, -0.2) is 4.79 Å². The van der Waals surface area contributed by atoms with Gasteiger partial charge in [-0.3, -0.25) is 4.79 Å². The van der Waals surface area contributed by atoms with E-state index in [1.54, 1.807) is 12.1 Å². The molecule has 1 aliphatic rings. The summed E-state index contributed by atoms with van der Waals surface area (Å²) in [5.74, 6) is 1.97. The first-order valence-corrected chi connectivity index (χ1v) is 5.51. The number of nitrogens with zero attached hydrogens (tertiary/aromatic N) is 1. The van der Waals surface area contributed by atoms with E-state index in [1.165, 1.54) is 0 Å². The highest BCUT2D eigenvalue weighted by molar-refractivity contribution is 5.97. The van der Waals surface area contributed by atoms with E-state index in [-0.39, 0.29) is 5.78 Å². The van der Waals surface area contributed by atoms with Gasteiger partial charge in [-0.15, -0.1) is 0 Å². The van der Waals surface area contributed by atoms with Crippen LogP contribution in [0.4, 0.5) is 0 Å². The van der Waals surface area contributed by atoms with Crippen molar-refractivity contribution in [2.75, 3.05) is 13.1 Å². The van der Waals surface area contributed by atoms with Crippen molar-refractivity contribution in [3.63, 3.8) is 0 Å². The van der Waals surface area contributed by atoms with Crippen LogP contribution in [-0.2, 0) is 4.79 Å². The van der Waals surface area contributed by atoms with E-state index < -0.39 is 0 Å². The fourth-order valence-corrected chi connectivity index (χ4v) is 1.79. The summed E-state index contributed by atoms with van der Waals surface area (Å²) in [5.41, 5.74) is 1.39. The molecule has 1 aromatic carbocycles. The van der Waals surface area contributed by atoms with Crippen LogP contribution in [0.25, 0.3) is 0 Å². The van der Waals surface area contributed by atoms with Crippen molar-refractivity contribution >= 4 is 11.7 Å². The molecule has 0 fully saturated rings. The molecule has 86 valence electrons. The number of Topliss-reactive ketones (excluding diaryl/α,β-unsaturated/α-hetero) is 1. The Morgan fingerprint density at radius 1 is 1.29 bits per heavy atom. The lowest BCUT2D eigenvalue weighted by Gasteiger charge is -2.22. The number of carbonyl (C=O) groups is 1. The molecule has 3 nitrogen and oxygen atoms in total. The molecular formula is C14H13NO2. The second kappa shape index (κ2) is 5.28. The van der Waals surface area contributed by atoms with E-state index >= 15 is 0 Å². The molecule has 0 unspecified atom stereocenters. The lowest BCUT2D eigenvalue weighted by atomic mass is 10.1. The molecule has 0 aliphatic carbocycles. The molecule has 0 amide bonds. The fourth-order valence-electron chi connectivity index (χ4n) is 1.79. The highest BCUT2D eigenvalue weighted by atomic mass is 16.1. The molecule has 0 N–H and O–H groups in total. The Morgan fingerprint density at radius 2 is 2.06 bits per heavy atom. The van der Waals surface area contributed by atoms with Crippen molar-refractivity contribution in [3.8, 4) is 0 Å².